The van der Waals surface area contributed by atoms with Crippen molar-refractivity contribution in [2.45, 2.75) is 12.3 Å². The van der Waals surface area contributed by atoms with Crippen molar-refractivity contribution in [2.24, 2.45) is 0 Å². The minimum Gasteiger partial charge on any atom is -0.496 e. The fraction of sp³-hybridized carbons (Fsp3) is 0.263. The summed E-state index contributed by atoms with van der Waals surface area (Å²) in [5.74, 6) is 1.83. The van der Waals surface area contributed by atoms with Gasteiger partial charge in [-0.3, -0.25) is 0 Å². The molecule has 1 aliphatic rings. The highest BCUT2D eigenvalue weighted by Gasteiger charge is 2.27. The SMILES string of the molecule is COc1ccccc1C1CCN(c2ncnc3ccc(F)cc23)C1. The molecule has 4 nitrogen and oxygen atoms in total. The minimum absolute atomic E-state index is 0.265. The molecule has 0 aliphatic carbocycles. The molecule has 0 spiro atoms. The first-order chi connectivity index (χ1) is 11.8. The van der Waals surface area contributed by atoms with Gasteiger partial charge in [-0.2, -0.15) is 0 Å². The lowest BCUT2D eigenvalue weighted by Crippen LogP contribution is -2.21. The first-order valence-electron chi connectivity index (χ1n) is 8.04. The van der Waals surface area contributed by atoms with Gasteiger partial charge in [0.15, 0.2) is 0 Å². The van der Waals surface area contributed by atoms with Crippen molar-refractivity contribution in [1.29, 1.82) is 0 Å². The molecule has 4 rings (SSSR count). The van der Waals surface area contributed by atoms with Crippen LogP contribution in [0.3, 0.4) is 0 Å². The van der Waals surface area contributed by atoms with E-state index in [1.807, 2.05) is 18.2 Å². The summed E-state index contributed by atoms with van der Waals surface area (Å²) in [6.07, 6.45) is 2.56. The highest BCUT2D eigenvalue weighted by molar-refractivity contribution is 5.89. The van der Waals surface area contributed by atoms with Crippen molar-refractivity contribution in [3.63, 3.8) is 0 Å². The predicted octanol–water partition coefficient (Wildman–Crippen LogP) is 3.77. The third kappa shape index (κ3) is 2.56. The normalized spacial score (nSPS) is 17.4. The number of ether oxygens (including phenoxy) is 1. The molecule has 2 heterocycles. The van der Waals surface area contributed by atoms with E-state index >= 15 is 0 Å². The minimum atomic E-state index is -0.265. The summed E-state index contributed by atoms with van der Waals surface area (Å²) in [5.41, 5.74) is 1.98. The first-order valence-corrected chi connectivity index (χ1v) is 8.04. The van der Waals surface area contributed by atoms with E-state index in [0.29, 0.717) is 5.92 Å². The molecule has 1 aliphatic heterocycles. The van der Waals surface area contributed by atoms with Crippen LogP contribution in [0.4, 0.5) is 10.2 Å². The molecule has 122 valence electrons. The second-order valence-electron chi connectivity index (χ2n) is 6.03. The number of para-hydroxylation sites is 1. The summed E-state index contributed by atoms with van der Waals surface area (Å²) >= 11 is 0. The van der Waals surface area contributed by atoms with Gasteiger partial charge in [0.2, 0.25) is 0 Å². The summed E-state index contributed by atoms with van der Waals surface area (Å²) in [4.78, 5) is 10.9. The maximum atomic E-state index is 13.7. The lowest BCUT2D eigenvalue weighted by atomic mass is 9.97. The number of halogens is 1. The number of benzene rings is 2. The molecular weight excluding hydrogens is 305 g/mol. The third-order valence-electron chi connectivity index (χ3n) is 4.64. The van der Waals surface area contributed by atoms with Gasteiger partial charge in [0, 0.05) is 24.4 Å². The number of anilines is 1. The zero-order valence-corrected chi connectivity index (χ0v) is 13.4. The Morgan fingerprint density at radius 2 is 2.04 bits per heavy atom. The lowest BCUT2D eigenvalue weighted by Gasteiger charge is -2.20. The molecule has 0 bridgehead atoms. The topological polar surface area (TPSA) is 38.2 Å². The Balaban J connectivity index is 1.67. The Kier molecular flexibility index (Phi) is 3.76. The molecule has 1 fully saturated rings. The molecule has 1 unspecified atom stereocenters. The Morgan fingerprint density at radius 3 is 2.92 bits per heavy atom. The Morgan fingerprint density at radius 1 is 1.17 bits per heavy atom. The van der Waals surface area contributed by atoms with E-state index in [9.17, 15) is 4.39 Å². The van der Waals surface area contributed by atoms with Crippen LogP contribution >= 0.6 is 0 Å². The summed E-state index contributed by atoms with van der Waals surface area (Å²) in [5, 5.41) is 0.762. The number of fused-ring (bicyclic) bond motifs is 1. The van der Waals surface area contributed by atoms with Crippen molar-refractivity contribution in [1.82, 2.24) is 9.97 Å². The van der Waals surface area contributed by atoms with Gasteiger partial charge in [0.1, 0.15) is 23.7 Å². The number of nitrogens with zero attached hydrogens (tertiary/aromatic N) is 3. The highest BCUT2D eigenvalue weighted by atomic mass is 19.1. The maximum Gasteiger partial charge on any atom is 0.140 e. The molecular formula is C19H18FN3O. The summed E-state index contributed by atoms with van der Waals surface area (Å²) in [6, 6.07) is 12.8. The Bertz CT molecular complexity index is 883. The van der Waals surface area contributed by atoms with Crippen LogP contribution < -0.4 is 9.64 Å². The van der Waals surface area contributed by atoms with E-state index in [4.69, 9.17) is 4.74 Å². The monoisotopic (exact) mass is 323 g/mol. The van der Waals surface area contributed by atoms with Crippen molar-refractivity contribution >= 4 is 16.7 Å². The van der Waals surface area contributed by atoms with Crippen LogP contribution in [0, 0.1) is 5.82 Å². The number of aromatic nitrogens is 2. The second kappa shape index (κ2) is 6.07. The molecule has 1 atom stereocenters. The first kappa shape index (κ1) is 14.9. The molecule has 2 aromatic carbocycles. The molecule has 3 aromatic rings. The van der Waals surface area contributed by atoms with Gasteiger partial charge in [0.25, 0.3) is 0 Å². The van der Waals surface area contributed by atoms with Crippen molar-refractivity contribution in [3.8, 4) is 5.75 Å². The number of hydrogen-bond acceptors (Lipinski definition) is 4. The molecule has 5 heteroatoms. The average Bonchev–Trinajstić information content (AvgIpc) is 3.10. The van der Waals surface area contributed by atoms with Crippen LogP contribution in [-0.2, 0) is 0 Å². The Labute approximate surface area is 139 Å². The molecule has 0 amide bonds. The number of rotatable bonds is 3. The standard InChI is InChI=1S/C19H18FN3O/c1-24-18-5-3-2-4-15(18)13-8-9-23(11-13)19-16-10-14(20)6-7-17(16)21-12-22-19/h2-7,10,12-13H,8-9,11H2,1H3. The Hall–Kier alpha value is -2.69. The van der Waals surface area contributed by atoms with Crippen LogP contribution in [0.5, 0.6) is 5.75 Å². The van der Waals surface area contributed by atoms with Crippen LogP contribution in [0.2, 0.25) is 0 Å². The summed E-state index contributed by atoms with van der Waals surface area (Å²) < 4.78 is 19.1. The average molecular weight is 323 g/mol. The smallest absolute Gasteiger partial charge is 0.140 e. The third-order valence-corrected chi connectivity index (χ3v) is 4.64. The van der Waals surface area contributed by atoms with E-state index in [2.05, 4.69) is 20.9 Å². The number of methoxy groups -OCH3 is 1. The molecule has 1 saturated heterocycles. The van der Waals surface area contributed by atoms with Gasteiger partial charge < -0.3 is 9.64 Å². The zero-order chi connectivity index (χ0) is 16.5. The fourth-order valence-corrected chi connectivity index (χ4v) is 3.48. The van der Waals surface area contributed by atoms with Gasteiger partial charge in [-0.25, -0.2) is 14.4 Å². The van der Waals surface area contributed by atoms with E-state index < -0.39 is 0 Å². The van der Waals surface area contributed by atoms with Crippen molar-refractivity contribution in [2.75, 3.05) is 25.1 Å². The fourth-order valence-electron chi connectivity index (χ4n) is 3.48. The lowest BCUT2D eigenvalue weighted by molar-refractivity contribution is 0.406. The molecule has 1 aromatic heterocycles. The van der Waals surface area contributed by atoms with Crippen LogP contribution in [0.25, 0.3) is 10.9 Å². The van der Waals surface area contributed by atoms with Gasteiger partial charge in [-0.15, -0.1) is 0 Å². The van der Waals surface area contributed by atoms with Gasteiger partial charge in [0.05, 0.1) is 12.6 Å². The van der Waals surface area contributed by atoms with E-state index in [0.717, 1.165) is 42.0 Å². The van der Waals surface area contributed by atoms with Gasteiger partial charge in [-0.05, 0) is 36.2 Å². The van der Waals surface area contributed by atoms with Gasteiger partial charge in [-0.1, -0.05) is 18.2 Å². The van der Waals surface area contributed by atoms with E-state index in [1.165, 1.54) is 17.7 Å². The van der Waals surface area contributed by atoms with Crippen LogP contribution in [0.1, 0.15) is 17.9 Å². The van der Waals surface area contributed by atoms with Crippen LogP contribution in [0.15, 0.2) is 48.8 Å². The zero-order valence-electron chi connectivity index (χ0n) is 13.4. The van der Waals surface area contributed by atoms with E-state index in [-0.39, 0.29) is 5.82 Å². The van der Waals surface area contributed by atoms with Crippen molar-refractivity contribution < 1.29 is 9.13 Å². The maximum absolute atomic E-state index is 13.7. The van der Waals surface area contributed by atoms with Crippen molar-refractivity contribution in [3.05, 3.63) is 60.2 Å². The summed E-state index contributed by atoms with van der Waals surface area (Å²) in [6.45, 7) is 1.72. The highest BCUT2D eigenvalue weighted by Crippen LogP contribution is 2.36. The molecule has 24 heavy (non-hydrogen) atoms. The predicted molar refractivity (Wildman–Crippen MR) is 92.1 cm³/mol. The molecule has 0 radical (unpaired) electrons. The van der Waals surface area contributed by atoms with Crippen LogP contribution in [-0.4, -0.2) is 30.2 Å². The van der Waals surface area contributed by atoms with Gasteiger partial charge >= 0.3 is 0 Å². The largest absolute Gasteiger partial charge is 0.496 e. The van der Waals surface area contributed by atoms with E-state index in [1.54, 1.807) is 19.5 Å². The summed E-state index contributed by atoms with van der Waals surface area (Å²) in [7, 11) is 1.70. The second-order valence-corrected chi connectivity index (χ2v) is 6.03. The molecule has 0 saturated carbocycles. The quantitative estimate of drug-likeness (QED) is 0.735. The number of hydrogen-bond donors (Lipinski definition) is 0. The molecule has 0 N–H and O–H groups in total.